The van der Waals surface area contributed by atoms with E-state index in [1.807, 2.05) is 12.3 Å². The highest BCUT2D eigenvalue weighted by Gasteiger charge is 2.12. The van der Waals surface area contributed by atoms with Crippen molar-refractivity contribution in [3.05, 3.63) is 64.5 Å². The Kier molecular flexibility index (Phi) is 4.35. The van der Waals surface area contributed by atoms with Crippen molar-refractivity contribution in [1.29, 1.82) is 0 Å². The van der Waals surface area contributed by atoms with E-state index in [0.717, 1.165) is 12.2 Å². The summed E-state index contributed by atoms with van der Waals surface area (Å²) >= 11 is 0. The van der Waals surface area contributed by atoms with Gasteiger partial charge in [0.1, 0.15) is 0 Å². The Hall–Kier alpha value is -1.67. The molecule has 0 fully saturated rings. The van der Waals surface area contributed by atoms with Gasteiger partial charge in [0.05, 0.1) is 5.69 Å². The molecule has 0 saturated carbocycles. The number of hydrogen-bond donors (Lipinski definition) is 1. The zero-order chi connectivity index (χ0) is 14.7. The smallest absolute Gasteiger partial charge is 0.0570 e. The SMILES string of the molecule is Cc1cccnc1CNC(C)c1ccc2c(c1)CCCC2. The van der Waals surface area contributed by atoms with Crippen molar-refractivity contribution in [2.45, 2.75) is 52.1 Å². The van der Waals surface area contributed by atoms with Gasteiger partial charge in [-0.05, 0) is 67.9 Å². The highest BCUT2D eigenvalue weighted by atomic mass is 14.9. The van der Waals surface area contributed by atoms with Crippen LogP contribution in [-0.4, -0.2) is 4.98 Å². The van der Waals surface area contributed by atoms with Crippen molar-refractivity contribution >= 4 is 0 Å². The molecule has 0 aliphatic heterocycles. The summed E-state index contributed by atoms with van der Waals surface area (Å²) in [4.78, 5) is 4.45. The van der Waals surface area contributed by atoms with Crippen LogP contribution < -0.4 is 5.32 Å². The van der Waals surface area contributed by atoms with Gasteiger partial charge in [-0.2, -0.15) is 0 Å². The number of aryl methyl sites for hydroxylation is 3. The van der Waals surface area contributed by atoms with Gasteiger partial charge in [-0.1, -0.05) is 24.3 Å². The fourth-order valence-corrected chi connectivity index (χ4v) is 3.09. The highest BCUT2D eigenvalue weighted by Crippen LogP contribution is 2.24. The summed E-state index contributed by atoms with van der Waals surface area (Å²) in [6, 6.07) is 11.5. The maximum Gasteiger partial charge on any atom is 0.0570 e. The molecule has 0 amide bonds. The van der Waals surface area contributed by atoms with Crippen LogP contribution in [0.4, 0.5) is 0 Å². The first-order valence-electron chi connectivity index (χ1n) is 7.99. The van der Waals surface area contributed by atoms with E-state index in [9.17, 15) is 0 Å². The predicted octanol–water partition coefficient (Wildman–Crippen LogP) is 4.12. The molecule has 0 radical (unpaired) electrons. The summed E-state index contributed by atoms with van der Waals surface area (Å²) in [6.45, 7) is 5.18. The van der Waals surface area contributed by atoms with E-state index in [4.69, 9.17) is 0 Å². The number of fused-ring (bicyclic) bond motifs is 1. The van der Waals surface area contributed by atoms with E-state index < -0.39 is 0 Å². The van der Waals surface area contributed by atoms with Crippen LogP contribution >= 0.6 is 0 Å². The average Bonchev–Trinajstić information content (AvgIpc) is 2.53. The van der Waals surface area contributed by atoms with Crippen molar-refractivity contribution in [2.75, 3.05) is 0 Å². The van der Waals surface area contributed by atoms with Crippen LogP contribution in [0.2, 0.25) is 0 Å². The minimum atomic E-state index is 0.360. The van der Waals surface area contributed by atoms with E-state index in [-0.39, 0.29) is 0 Å². The first-order valence-corrected chi connectivity index (χ1v) is 7.99. The molecule has 3 rings (SSSR count). The zero-order valence-electron chi connectivity index (χ0n) is 13.0. The quantitative estimate of drug-likeness (QED) is 0.911. The maximum absolute atomic E-state index is 4.45. The molecule has 1 aromatic heterocycles. The summed E-state index contributed by atoms with van der Waals surface area (Å²) in [5, 5.41) is 3.60. The number of nitrogens with one attached hydrogen (secondary N) is 1. The number of pyridine rings is 1. The molecule has 2 heteroatoms. The molecule has 1 atom stereocenters. The van der Waals surface area contributed by atoms with Gasteiger partial charge in [0.25, 0.3) is 0 Å². The van der Waals surface area contributed by atoms with Crippen LogP contribution in [0.15, 0.2) is 36.5 Å². The summed E-state index contributed by atoms with van der Waals surface area (Å²) in [6.07, 6.45) is 7.05. The normalized spacial score (nSPS) is 15.5. The molecule has 2 aromatic rings. The monoisotopic (exact) mass is 280 g/mol. The lowest BCUT2D eigenvalue weighted by molar-refractivity contribution is 0.564. The lowest BCUT2D eigenvalue weighted by atomic mass is 9.89. The Morgan fingerprint density at radius 2 is 1.95 bits per heavy atom. The van der Waals surface area contributed by atoms with E-state index in [1.165, 1.54) is 36.8 Å². The van der Waals surface area contributed by atoms with E-state index >= 15 is 0 Å². The molecule has 1 heterocycles. The Morgan fingerprint density at radius 3 is 2.76 bits per heavy atom. The second-order valence-electron chi connectivity index (χ2n) is 6.10. The van der Waals surface area contributed by atoms with Crippen LogP contribution in [-0.2, 0) is 19.4 Å². The van der Waals surface area contributed by atoms with Crippen molar-refractivity contribution in [1.82, 2.24) is 10.3 Å². The fraction of sp³-hybridized carbons (Fsp3) is 0.421. The van der Waals surface area contributed by atoms with Gasteiger partial charge < -0.3 is 5.32 Å². The third kappa shape index (κ3) is 3.33. The summed E-state index contributed by atoms with van der Waals surface area (Å²) in [5.41, 5.74) is 6.90. The van der Waals surface area contributed by atoms with Crippen molar-refractivity contribution in [3.8, 4) is 0 Å². The molecule has 1 aliphatic rings. The molecular weight excluding hydrogens is 256 g/mol. The second-order valence-corrected chi connectivity index (χ2v) is 6.10. The largest absolute Gasteiger partial charge is 0.305 e. The van der Waals surface area contributed by atoms with Gasteiger partial charge in [0.2, 0.25) is 0 Å². The molecule has 1 N–H and O–H groups in total. The van der Waals surface area contributed by atoms with Gasteiger partial charge in [-0.25, -0.2) is 0 Å². The minimum Gasteiger partial charge on any atom is -0.305 e. The van der Waals surface area contributed by atoms with E-state index in [1.54, 1.807) is 11.1 Å². The Morgan fingerprint density at radius 1 is 1.14 bits per heavy atom. The number of aromatic nitrogens is 1. The molecule has 21 heavy (non-hydrogen) atoms. The Bertz CT molecular complexity index is 619. The first kappa shape index (κ1) is 14.3. The minimum absolute atomic E-state index is 0.360. The van der Waals surface area contributed by atoms with Crippen LogP contribution in [0.5, 0.6) is 0 Å². The average molecular weight is 280 g/mol. The second kappa shape index (κ2) is 6.40. The number of rotatable bonds is 4. The summed E-state index contributed by atoms with van der Waals surface area (Å²) in [7, 11) is 0. The van der Waals surface area contributed by atoms with Crippen molar-refractivity contribution < 1.29 is 0 Å². The van der Waals surface area contributed by atoms with Gasteiger partial charge in [0, 0.05) is 18.8 Å². The Labute approximate surface area is 127 Å². The van der Waals surface area contributed by atoms with Crippen LogP contribution in [0.1, 0.15) is 53.8 Å². The molecule has 1 aromatic carbocycles. The number of nitrogens with zero attached hydrogens (tertiary/aromatic N) is 1. The summed E-state index contributed by atoms with van der Waals surface area (Å²) < 4.78 is 0. The molecule has 0 spiro atoms. The predicted molar refractivity (Wildman–Crippen MR) is 87.3 cm³/mol. The fourth-order valence-electron chi connectivity index (χ4n) is 3.09. The van der Waals surface area contributed by atoms with Crippen LogP contribution in [0, 0.1) is 6.92 Å². The number of benzene rings is 1. The molecule has 1 aliphatic carbocycles. The maximum atomic E-state index is 4.45. The lowest BCUT2D eigenvalue weighted by Crippen LogP contribution is -2.20. The zero-order valence-corrected chi connectivity index (χ0v) is 13.0. The molecule has 0 bridgehead atoms. The van der Waals surface area contributed by atoms with E-state index in [0.29, 0.717) is 6.04 Å². The highest BCUT2D eigenvalue weighted by molar-refractivity contribution is 5.35. The van der Waals surface area contributed by atoms with Gasteiger partial charge in [-0.3, -0.25) is 4.98 Å². The molecule has 1 unspecified atom stereocenters. The summed E-state index contributed by atoms with van der Waals surface area (Å²) in [5.74, 6) is 0. The van der Waals surface area contributed by atoms with E-state index in [2.05, 4.69) is 48.4 Å². The molecule has 2 nitrogen and oxygen atoms in total. The lowest BCUT2D eigenvalue weighted by Gasteiger charge is -2.20. The van der Waals surface area contributed by atoms with Gasteiger partial charge in [-0.15, -0.1) is 0 Å². The third-order valence-electron chi connectivity index (χ3n) is 4.57. The van der Waals surface area contributed by atoms with Gasteiger partial charge >= 0.3 is 0 Å². The van der Waals surface area contributed by atoms with Crippen LogP contribution in [0.3, 0.4) is 0 Å². The first-order chi connectivity index (χ1) is 10.2. The van der Waals surface area contributed by atoms with Crippen molar-refractivity contribution in [2.24, 2.45) is 0 Å². The standard InChI is InChI=1S/C19H24N2/c1-14-6-5-11-20-19(14)13-21-15(2)17-10-9-16-7-3-4-8-18(16)12-17/h5-6,9-12,15,21H,3-4,7-8,13H2,1-2H3. The Balaban J connectivity index is 1.68. The molecular formula is C19H24N2. The third-order valence-corrected chi connectivity index (χ3v) is 4.57. The van der Waals surface area contributed by atoms with Crippen LogP contribution in [0.25, 0.3) is 0 Å². The molecule has 110 valence electrons. The number of hydrogen-bond acceptors (Lipinski definition) is 2. The van der Waals surface area contributed by atoms with Gasteiger partial charge in [0.15, 0.2) is 0 Å². The van der Waals surface area contributed by atoms with Crippen molar-refractivity contribution in [3.63, 3.8) is 0 Å². The molecule has 0 saturated heterocycles. The topological polar surface area (TPSA) is 24.9 Å².